The number of benzene rings is 2. The molecule has 180 valence electrons. The second-order valence-electron chi connectivity index (χ2n) is 6.86. The van der Waals surface area contributed by atoms with Crippen molar-refractivity contribution in [2.45, 2.75) is 67.2 Å². The van der Waals surface area contributed by atoms with Gasteiger partial charge in [-0.3, -0.25) is 20.4 Å². The van der Waals surface area contributed by atoms with Gasteiger partial charge in [-0.2, -0.15) is 0 Å². The molecule has 0 radical (unpaired) electrons. The number of aryl methyl sites for hydroxylation is 1. The van der Waals surface area contributed by atoms with Crippen molar-refractivity contribution in [3.63, 3.8) is 0 Å². The summed E-state index contributed by atoms with van der Waals surface area (Å²) in [5.74, 6) is -0.526. The number of nitrogens with one attached hydrogen (secondary N) is 2. The highest BCUT2D eigenvalue weighted by molar-refractivity contribution is 7.14. The third kappa shape index (κ3) is 13.9. The molecule has 33 heavy (non-hydrogen) atoms. The lowest BCUT2D eigenvalue weighted by Crippen LogP contribution is -2.41. The predicted octanol–water partition coefficient (Wildman–Crippen LogP) is 6.46. The lowest BCUT2D eigenvalue weighted by molar-refractivity contribution is -0.121. The van der Waals surface area contributed by atoms with Gasteiger partial charge in [0.15, 0.2) is 0 Å². The van der Waals surface area contributed by atoms with Gasteiger partial charge in [-0.1, -0.05) is 114 Å². The van der Waals surface area contributed by atoms with Crippen LogP contribution in [0.25, 0.3) is 10.6 Å². The number of rotatable bonds is 4. The molecule has 7 heteroatoms. The maximum atomic E-state index is 11.3. The highest BCUT2D eigenvalue weighted by atomic mass is 32.1. The van der Waals surface area contributed by atoms with Gasteiger partial charge in [-0.15, -0.1) is 10.2 Å². The van der Waals surface area contributed by atoms with Crippen LogP contribution in [0.2, 0.25) is 0 Å². The molecular formula is C26H38N4O2S. The number of carbonyl (C=O) groups excluding carboxylic acids is 2. The molecule has 0 aliphatic carbocycles. The van der Waals surface area contributed by atoms with E-state index in [-0.39, 0.29) is 11.8 Å². The number of hydrazine groups is 1. The van der Waals surface area contributed by atoms with Gasteiger partial charge in [0.05, 0.1) is 0 Å². The van der Waals surface area contributed by atoms with Crippen LogP contribution in [0.5, 0.6) is 0 Å². The molecule has 0 aliphatic rings. The molecule has 3 aromatic rings. The van der Waals surface area contributed by atoms with Crippen molar-refractivity contribution in [2.75, 3.05) is 0 Å². The van der Waals surface area contributed by atoms with Gasteiger partial charge in [0.1, 0.15) is 10.0 Å². The van der Waals surface area contributed by atoms with Crippen LogP contribution in [0.15, 0.2) is 60.7 Å². The van der Waals surface area contributed by atoms with Gasteiger partial charge in [0.25, 0.3) is 5.91 Å². The Balaban J connectivity index is 0.000000502. The molecule has 0 unspecified atom stereocenters. The molecule has 0 fully saturated rings. The minimum absolute atomic E-state index is 0.214. The van der Waals surface area contributed by atoms with Crippen LogP contribution in [-0.2, 0) is 11.2 Å². The van der Waals surface area contributed by atoms with E-state index in [9.17, 15) is 9.59 Å². The van der Waals surface area contributed by atoms with Crippen LogP contribution in [0.4, 0.5) is 0 Å². The van der Waals surface area contributed by atoms with Crippen molar-refractivity contribution in [1.29, 1.82) is 0 Å². The Morgan fingerprint density at radius 2 is 1.27 bits per heavy atom. The van der Waals surface area contributed by atoms with E-state index in [2.05, 4.69) is 67.8 Å². The summed E-state index contributed by atoms with van der Waals surface area (Å²) >= 11 is 1.66. The van der Waals surface area contributed by atoms with E-state index in [1.165, 1.54) is 12.8 Å². The number of aromatic nitrogens is 2. The third-order valence-electron chi connectivity index (χ3n) is 3.46. The van der Waals surface area contributed by atoms with E-state index in [0.717, 1.165) is 22.0 Å². The van der Waals surface area contributed by atoms with E-state index in [1.54, 1.807) is 42.5 Å². The fourth-order valence-corrected chi connectivity index (χ4v) is 2.76. The lowest BCUT2D eigenvalue weighted by Gasteiger charge is -2.05. The Hall–Kier alpha value is -3.06. The van der Waals surface area contributed by atoms with E-state index in [0.29, 0.717) is 12.0 Å². The van der Waals surface area contributed by atoms with Gasteiger partial charge < -0.3 is 0 Å². The Labute approximate surface area is 202 Å². The molecule has 1 aromatic heterocycles. The molecule has 2 N–H and O–H groups in total. The minimum atomic E-state index is -0.313. The predicted molar refractivity (Wildman–Crippen MR) is 139 cm³/mol. The Morgan fingerprint density at radius 1 is 0.758 bits per heavy atom. The maximum Gasteiger partial charge on any atom is 0.269 e. The zero-order valence-electron chi connectivity index (χ0n) is 20.7. The van der Waals surface area contributed by atoms with Gasteiger partial charge in [0.2, 0.25) is 5.91 Å². The molecule has 3 rings (SSSR count). The van der Waals surface area contributed by atoms with Crippen LogP contribution >= 0.6 is 11.3 Å². The first-order valence-electron chi connectivity index (χ1n) is 11.5. The van der Waals surface area contributed by atoms with Crippen LogP contribution in [0.3, 0.4) is 0 Å². The highest BCUT2D eigenvalue weighted by Gasteiger charge is 2.04. The smallest absolute Gasteiger partial charge is 0.269 e. The monoisotopic (exact) mass is 470 g/mol. The average molecular weight is 471 g/mol. The number of hydrogen-bond acceptors (Lipinski definition) is 5. The lowest BCUT2D eigenvalue weighted by atomic mass is 10.2. The van der Waals surface area contributed by atoms with Crippen molar-refractivity contribution in [3.05, 3.63) is 71.2 Å². The van der Waals surface area contributed by atoms with Crippen molar-refractivity contribution in [3.8, 4) is 10.6 Å². The molecule has 2 aromatic carbocycles. The minimum Gasteiger partial charge on any atom is -0.273 e. The zero-order valence-corrected chi connectivity index (χ0v) is 21.5. The zero-order chi connectivity index (χ0) is 24.9. The van der Waals surface area contributed by atoms with Crippen molar-refractivity contribution >= 4 is 23.2 Å². The summed E-state index contributed by atoms with van der Waals surface area (Å²) in [4.78, 5) is 22.2. The first-order valence-corrected chi connectivity index (χ1v) is 12.3. The van der Waals surface area contributed by atoms with Crippen molar-refractivity contribution < 1.29 is 9.59 Å². The Bertz CT molecular complexity index is 882. The molecule has 0 bridgehead atoms. The molecule has 0 aliphatic heterocycles. The highest BCUT2D eigenvalue weighted by Crippen LogP contribution is 2.22. The number of hydrogen-bond donors (Lipinski definition) is 2. The van der Waals surface area contributed by atoms with Crippen LogP contribution in [0.1, 0.15) is 76.2 Å². The molecule has 1 heterocycles. The number of nitrogens with zero attached hydrogens (tertiary/aromatic N) is 2. The fraction of sp³-hybridized carbons (Fsp3) is 0.385. The first-order chi connectivity index (χ1) is 16.0. The molecule has 0 saturated heterocycles. The summed E-state index contributed by atoms with van der Waals surface area (Å²) in [5.41, 5.74) is 6.27. The molecule has 0 saturated carbocycles. The molecule has 0 spiro atoms. The van der Waals surface area contributed by atoms with E-state index >= 15 is 0 Å². The normalized spacial score (nSPS) is 9.03. The number of amides is 2. The van der Waals surface area contributed by atoms with Crippen molar-refractivity contribution in [2.24, 2.45) is 0 Å². The maximum absolute atomic E-state index is 11.3. The van der Waals surface area contributed by atoms with Gasteiger partial charge in [0, 0.05) is 17.5 Å². The summed E-state index contributed by atoms with van der Waals surface area (Å²) < 4.78 is 0. The van der Waals surface area contributed by atoms with Crippen molar-refractivity contribution in [1.82, 2.24) is 21.0 Å². The SMILES string of the molecule is CCC.CCC.CCC(=O)NNC(=O)c1ccccc1.CCc1nnc(-c2ccccc2)s1. The number of carbonyl (C=O) groups is 2. The van der Waals surface area contributed by atoms with E-state index in [1.807, 2.05) is 24.3 Å². The second-order valence-corrected chi connectivity index (χ2v) is 7.92. The topological polar surface area (TPSA) is 84.0 Å². The Morgan fingerprint density at radius 3 is 1.73 bits per heavy atom. The summed E-state index contributed by atoms with van der Waals surface area (Å²) in [6.07, 6.45) is 3.81. The summed E-state index contributed by atoms with van der Waals surface area (Å²) in [6, 6.07) is 18.8. The summed E-state index contributed by atoms with van der Waals surface area (Å²) in [7, 11) is 0. The quantitative estimate of drug-likeness (QED) is 0.429. The molecular weight excluding hydrogens is 432 g/mol. The molecule has 0 atom stereocenters. The van der Waals surface area contributed by atoms with E-state index < -0.39 is 0 Å². The third-order valence-corrected chi connectivity index (χ3v) is 4.58. The van der Waals surface area contributed by atoms with E-state index in [4.69, 9.17) is 0 Å². The largest absolute Gasteiger partial charge is 0.273 e. The van der Waals surface area contributed by atoms with Crippen LogP contribution in [0, 0.1) is 0 Å². The second kappa shape index (κ2) is 19.6. The Kier molecular flexibility index (Phi) is 17.8. The first kappa shape index (κ1) is 29.9. The van der Waals surface area contributed by atoms with Gasteiger partial charge >= 0.3 is 0 Å². The van der Waals surface area contributed by atoms with Gasteiger partial charge in [-0.25, -0.2) is 0 Å². The summed E-state index contributed by atoms with van der Waals surface area (Å²) in [6.45, 7) is 12.3. The van der Waals surface area contributed by atoms with Crippen LogP contribution < -0.4 is 10.9 Å². The van der Waals surface area contributed by atoms with Crippen LogP contribution in [-0.4, -0.2) is 22.0 Å². The standard InChI is InChI=1S/C10H12N2O2.C10H10N2S.2C3H8/c1-2-9(13)11-12-10(14)8-6-4-3-5-7-8;1-2-9-11-12-10(13-9)8-6-4-3-5-7-8;2*1-3-2/h3-7H,2H2,1H3,(H,11,13)(H,12,14);3-7H,2H2,1H3;2*3H2,1-2H3. The summed E-state index contributed by atoms with van der Waals surface area (Å²) in [5, 5.41) is 10.3. The average Bonchev–Trinajstić information content (AvgIpc) is 3.34. The van der Waals surface area contributed by atoms with Gasteiger partial charge in [-0.05, 0) is 18.6 Å². The molecule has 6 nitrogen and oxygen atoms in total. The fourth-order valence-electron chi connectivity index (χ4n) is 1.97. The molecule has 2 amide bonds.